The predicted molar refractivity (Wildman–Crippen MR) is 338 cm³/mol. The zero-order valence-electron chi connectivity index (χ0n) is 49.1. The average Bonchev–Trinajstić information content (AvgIpc) is 4.14. The summed E-state index contributed by atoms with van der Waals surface area (Å²) in [6, 6.07) is 66.5. The lowest BCUT2D eigenvalue weighted by Gasteiger charge is -2.27. The van der Waals surface area contributed by atoms with Crippen molar-refractivity contribution in [2.45, 2.75) is 119 Å². The number of aryl methyl sites for hydroxylation is 2. The van der Waals surface area contributed by atoms with E-state index in [0.29, 0.717) is 11.1 Å². The second kappa shape index (κ2) is 19.7. The van der Waals surface area contributed by atoms with Crippen molar-refractivity contribution in [1.82, 2.24) is 14.1 Å². The fourth-order valence-electron chi connectivity index (χ4n) is 11.6. The molecule has 0 saturated carbocycles. The van der Waals surface area contributed by atoms with E-state index < -0.39 is 0 Å². The molecule has 0 aliphatic heterocycles. The normalized spacial score (nSPS) is 12.5. The van der Waals surface area contributed by atoms with Gasteiger partial charge in [0.2, 0.25) is 0 Å². The molecule has 5 heteroatoms. The van der Waals surface area contributed by atoms with Gasteiger partial charge in [-0.1, -0.05) is 198 Å². The van der Waals surface area contributed by atoms with Crippen LogP contribution in [0.5, 0.6) is 11.5 Å². The van der Waals surface area contributed by atoms with Gasteiger partial charge in [0.05, 0.1) is 33.8 Å². The average molecular weight is 1050 g/mol. The summed E-state index contributed by atoms with van der Waals surface area (Å²) in [5.41, 5.74) is 20.3. The maximum atomic E-state index is 13.2. The Hall–Kier alpha value is -8.41. The van der Waals surface area contributed by atoms with E-state index in [1.807, 2.05) is 12.1 Å². The van der Waals surface area contributed by atoms with Crippen LogP contribution in [0.15, 0.2) is 188 Å². The lowest BCUT2D eigenvalue weighted by Crippen LogP contribution is -2.16. The van der Waals surface area contributed by atoms with E-state index in [4.69, 9.17) is 4.98 Å². The molecular weight excluding hydrogens is 975 g/mol. The lowest BCUT2D eigenvalue weighted by atomic mass is 9.78. The number of aromatic hydroxyl groups is 2. The molecule has 0 aliphatic rings. The summed E-state index contributed by atoms with van der Waals surface area (Å²) in [5, 5.41) is 28.4. The number of hydrogen-bond donors (Lipinski definition) is 2. The van der Waals surface area contributed by atoms with Gasteiger partial charge in [0.1, 0.15) is 11.5 Å². The molecule has 0 unspecified atom stereocenters. The summed E-state index contributed by atoms with van der Waals surface area (Å²) in [7, 11) is 0. The van der Waals surface area contributed by atoms with E-state index in [9.17, 15) is 10.2 Å². The van der Waals surface area contributed by atoms with Gasteiger partial charge in [-0.15, -0.1) is 0 Å². The number of aromatic nitrogens is 3. The molecule has 2 N–H and O–H groups in total. The molecular formula is C75H75N3O2. The Morgan fingerprint density at radius 1 is 0.338 bits per heavy atom. The molecule has 0 aliphatic carbocycles. The molecule has 402 valence electrons. The number of phenols is 2. The fraction of sp³-hybridized carbons (Fsp3) is 0.240. The smallest absolute Gasteiger partial charge is 0.132 e. The molecule has 11 rings (SSSR count). The van der Waals surface area contributed by atoms with Crippen molar-refractivity contribution in [1.29, 1.82) is 0 Å². The minimum atomic E-state index is -0.121. The molecule has 5 nitrogen and oxygen atoms in total. The minimum absolute atomic E-state index is 0.121. The highest BCUT2D eigenvalue weighted by Gasteiger charge is 2.31. The predicted octanol–water partition coefficient (Wildman–Crippen LogP) is 20.2. The highest BCUT2D eigenvalue weighted by atomic mass is 16.3. The third kappa shape index (κ3) is 9.71. The number of phenolic OH excluding ortho intramolecular Hbond substituents is 2. The van der Waals surface area contributed by atoms with E-state index in [2.05, 4.69) is 282 Å². The quantitative estimate of drug-likeness (QED) is 0.159. The first-order chi connectivity index (χ1) is 37.9. The van der Waals surface area contributed by atoms with Gasteiger partial charge in [0, 0.05) is 55.5 Å². The second-order valence-corrected chi connectivity index (χ2v) is 26.2. The number of hydrogen-bond acceptors (Lipinski definition) is 3. The topological polar surface area (TPSA) is 63.2 Å². The van der Waals surface area contributed by atoms with Crippen LogP contribution < -0.4 is 0 Å². The van der Waals surface area contributed by atoms with Gasteiger partial charge in [-0.3, -0.25) is 0 Å². The number of para-hydroxylation sites is 4. The molecule has 11 aromatic rings. The van der Waals surface area contributed by atoms with Crippen molar-refractivity contribution in [2.75, 3.05) is 0 Å². The zero-order chi connectivity index (χ0) is 56.8. The van der Waals surface area contributed by atoms with Gasteiger partial charge >= 0.3 is 0 Å². The molecule has 0 saturated heterocycles. The zero-order valence-corrected chi connectivity index (χ0v) is 49.1. The molecule has 3 heterocycles. The first kappa shape index (κ1) is 53.6. The molecule has 0 spiro atoms. The van der Waals surface area contributed by atoms with Crippen LogP contribution in [0.4, 0.5) is 0 Å². The van der Waals surface area contributed by atoms with Crippen LogP contribution in [-0.2, 0) is 21.7 Å². The number of rotatable bonds is 8. The van der Waals surface area contributed by atoms with Gasteiger partial charge in [-0.25, -0.2) is 4.98 Å². The van der Waals surface area contributed by atoms with Crippen molar-refractivity contribution < 1.29 is 10.2 Å². The molecule has 8 aromatic carbocycles. The molecule has 0 amide bonds. The van der Waals surface area contributed by atoms with Crippen LogP contribution in [0.2, 0.25) is 0 Å². The Morgan fingerprint density at radius 2 is 0.650 bits per heavy atom. The van der Waals surface area contributed by atoms with Gasteiger partial charge < -0.3 is 19.3 Å². The Kier molecular flexibility index (Phi) is 13.2. The van der Waals surface area contributed by atoms with Crippen LogP contribution >= 0.6 is 0 Å². The number of fused-ring (bicyclic) bond motifs is 2. The highest BCUT2D eigenvalue weighted by Crippen LogP contribution is 2.52. The SMILES string of the molecule is Cc1cc(-c2cc(C(C)(C)C)cc(C(C)(C)C)c2)c(O)c(-c2c(-c3cccc(-c4c(-c5cc(C)cc(-c6cc(C(C)(C)C)cc(C(C)(C)C)c6)c5O)n(-c5ccccc5)c5ccccc45)n3)c3ccccc3n2-c2ccccc2)c1. The van der Waals surface area contributed by atoms with Crippen molar-refractivity contribution in [3.63, 3.8) is 0 Å². The van der Waals surface area contributed by atoms with Gasteiger partial charge in [0.25, 0.3) is 0 Å². The van der Waals surface area contributed by atoms with Gasteiger partial charge in [-0.05, 0) is 153 Å². The number of pyridine rings is 1. The second-order valence-electron chi connectivity index (χ2n) is 26.2. The third-order valence-corrected chi connectivity index (χ3v) is 16.0. The Balaban J connectivity index is 1.21. The first-order valence-corrected chi connectivity index (χ1v) is 28.2. The molecule has 0 atom stereocenters. The maximum Gasteiger partial charge on any atom is 0.132 e. The molecule has 80 heavy (non-hydrogen) atoms. The summed E-state index contributed by atoms with van der Waals surface area (Å²) >= 11 is 0. The lowest BCUT2D eigenvalue weighted by molar-refractivity contribution is 0.478. The summed E-state index contributed by atoms with van der Waals surface area (Å²) in [6.45, 7) is 31.3. The van der Waals surface area contributed by atoms with E-state index in [1.54, 1.807) is 0 Å². The number of benzene rings is 8. The summed E-state index contributed by atoms with van der Waals surface area (Å²) < 4.78 is 4.59. The van der Waals surface area contributed by atoms with Crippen LogP contribution in [0.25, 0.3) is 100 Å². The van der Waals surface area contributed by atoms with Crippen molar-refractivity contribution in [2.24, 2.45) is 0 Å². The maximum absolute atomic E-state index is 13.2. The number of nitrogens with zero attached hydrogens (tertiary/aromatic N) is 3. The molecule has 0 radical (unpaired) electrons. The molecule has 0 fully saturated rings. The monoisotopic (exact) mass is 1050 g/mol. The first-order valence-electron chi connectivity index (χ1n) is 28.2. The Bertz CT molecular complexity index is 3850. The van der Waals surface area contributed by atoms with Gasteiger partial charge in [0.15, 0.2) is 0 Å². The van der Waals surface area contributed by atoms with E-state index >= 15 is 0 Å². The largest absolute Gasteiger partial charge is 0.507 e. The standard InChI is InChI=1S/C75H75N3O2/c1-46-36-58(48-40-50(72(3,4)5)44-51(41-48)73(6,7)8)70(79)60(38-46)68-66(56-30-21-23-34-64(56)77(68)54-26-17-15-18-27-54)62-32-25-33-63(76-62)67-57-31-22-24-35-65(57)78(55-28-19-16-20-29-55)69(67)61-39-47(2)37-59(71(61)80)49-42-52(74(9,10)11)45-53(43-49)75(12,13)14/h15-45,79-80H,1-14H3. The third-order valence-electron chi connectivity index (χ3n) is 16.0. The van der Waals surface area contributed by atoms with Crippen molar-refractivity contribution >= 4 is 21.8 Å². The van der Waals surface area contributed by atoms with Crippen LogP contribution in [-0.4, -0.2) is 24.3 Å². The van der Waals surface area contributed by atoms with E-state index in [1.165, 1.54) is 22.3 Å². The summed E-state index contributed by atoms with van der Waals surface area (Å²) in [6.07, 6.45) is 0. The van der Waals surface area contributed by atoms with Crippen molar-refractivity contribution in [3.8, 4) is 90.2 Å². The fourth-order valence-corrected chi connectivity index (χ4v) is 11.6. The van der Waals surface area contributed by atoms with E-state index in [-0.39, 0.29) is 33.2 Å². The highest BCUT2D eigenvalue weighted by molar-refractivity contribution is 6.09. The minimum Gasteiger partial charge on any atom is -0.507 e. The Labute approximate surface area is 473 Å². The molecule has 0 bridgehead atoms. The van der Waals surface area contributed by atoms with Crippen molar-refractivity contribution in [3.05, 3.63) is 221 Å². The van der Waals surface area contributed by atoms with Crippen LogP contribution in [0, 0.1) is 13.8 Å². The summed E-state index contributed by atoms with van der Waals surface area (Å²) in [4.78, 5) is 5.83. The summed E-state index contributed by atoms with van der Waals surface area (Å²) in [5.74, 6) is 0.418. The van der Waals surface area contributed by atoms with Gasteiger partial charge in [-0.2, -0.15) is 0 Å². The van der Waals surface area contributed by atoms with Crippen LogP contribution in [0.1, 0.15) is 116 Å². The molecule has 3 aromatic heterocycles. The van der Waals surface area contributed by atoms with E-state index in [0.717, 1.165) is 100 Å². The Morgan fingerprint density at radius 3 is 0.988 bits per heavy atom. The van der Waals surface area contributed by atoms with Crippen LogP contribution in [0.3, 0.4) is 0 Å².